The van der Waals surface area contributed by atoms with Crippen LogP contribution < -0.4 is 5.32 Å². The van der Waals surface area contributed by atoms with Crippen molar-refractivity contribution in [1.82, 2.24) is 9.62 Å². The molecule has 0 saturated heterocycles. The van der Waals surface area contributed by atoms with E-state index in [1.807, 2.05) is 13.8 Å². The number of sulfonamides is 1. The molecule has 0 bridgehead atoms. The van der Waals surface area contributed by atoms with Crippen LogP contribution in [0.1, 0.15) is 37.2 Å². The molecule has 1 aromatic heterocycles. The fraction of sp³-hybridized carbons (Fsp3) is 0.583. The molecule has 0 aliphatic rings. The second-order valence-electron chi connectivity index (χ2n) is 4.57. The second kappa shape index (κ2) is 6.21. The first-order valence-electron chi connectivity index (χ1n) is 6.12. The predicted molar refractivity (Wildman–Crippen MR) is 71.4 cm³/mol. The first-order chi connectivity index (χ1) is 8.78. The summed E-state index contributed by atoms with van der Waals surface area (Å²) in [6.45, 7) is 3.92. The fourth-order valence-electron chi connectivity index (χ4n) is 1.56. The number of hydrogen-bond acceptors (Lipinski definition) is 4. The fourth-order valence-corrected chi connectivity index (χ4v) is 2.36. The van der Waals surface area contributed by atoms with Crippen molar-refractivity contribution < 1.29 is 17.6 Å². The molecule has 0 saturated carbocycles. The summed E-state index contributed by atoms with van der Waals surface area (Å²) in [6.07, 6.45) is 1.81. The van der Waals surface area contributed by atoms with Gasteiger partial charge in [-0.3, -0.25) is 4.79 Å². The number of amides is 1. The molecule has 1 rings (SSSR count). The first kappa shape index (κ1) is 15.7. The van der Waals surface area contributed by atoms with Gasteiger partial charge in [0.1, 0.15) is 0 Å². The van der Waals surface area contributed by atoms with Gasteiger partial charge in [-0.15, -0.1) is 0 Å². The number of carbonyl (C=O) groups is 1. The lowest BCUT2D eigenvalue weighted by atomic mass is 10.2. The maximum Gasteiger partial charge on any atom is 0.287 e. The highest BCUT2D eigenvalue weighted by Crippen LogP contribution is 2.17. The summed E-state index contributed by atoms with van der Waals surface area (Å²) in [7, 11) is -0.834. The van der Waals surface area contributed by atoms with Crippen molar-refractivity contribution in [2.75, 3.05) is 14.1 Å². The van der Waals surface area contributed by atoms with Gasteiger partial charge in [0.05, 0.1) is 0 Å². The summed E-state index contributed by atoms with van der Waals surface area (Å²) in [5.74, 6) is -0.399. The van der Waals surface area contributed by atoms with Crippen LogP contribution in [0.4, 0.5) is 0 Å². The normalized spacial score (nSPS) is 13.5. The zero-order valence-electron chi connectivity index (χ0n) is 11.6. The molecule has 108 valence electrons. The lowest BCUT2D eigenvalue weighted by molar-refractivity contribution is 0.0904. The summed E-state index contributed by atoms with van der Waals surface area (Å²) in [5.41, 5.74) is 0. The summed E-state index contributed by atoms with van der Waals surface area (Å²) in [4.78, 5) is 11.8. The van der Waals surface area contributed by atoms with Gasteiger partial charge in [0.15, 0.2) is 5.76 Å². The maximum absolute atomic E-state index is 11.8. The van der Waals surface area contributed by atoms with Crippen molar-refractivity contribution >= 4 is 15.9 Å². The van der Waals surface area contributed by atoms with Gasteiger partial charge in [-0.05, 0) is 25.5 Å². The number of carbonyl (C=O) groups excluding carboxylic acids is 1. The molecule has 0 spiro atoms. The van der Waals surface area contributed by atoms with Crippen LogP contribution in [0.15, 0.2) is 21.6 Å². The Hall–Kier alpha value is -1.34. The molecule has 0 radical (unpaired) electrons. The van der Waals surface area contributed by atoms with Gasteiger partial charge in [-0.2, -0.15) is 0 Å². The Morgan fingerprint density at radius 3 is 2.58 bits per heavy atom. The van der Waals surface area contributed by atoms with E-state index in [-0.39, 0.29) is 16.9 Å². The lowest BCUT2D eigenvalue weighted by Crippen LogP contribution is -2.32. The molecule has 1 heterocycles. The average Bonchev–Trinajstić information content (AvgIpc) is 2.78. The van der Waals surface area contributed by atoms with E-state index < -0.39 is 15.9 Å². The van der Waals surface area contributed by atoms with Crippen LogP contribution in [0.25, 0.3) is 0 Å². The predicted octanol–water partition coefficient (Wildman–Crippen LogP) is 1.45. The zero-order chi connectivity index (χ0) is 14.6. The van der Waals surface area contributed by atoms with E-state index in [4.69, 9.17) is 4.42 Å². The molecule has 6 nitrogen and oxygen atoms in total. The summed E-state index contributed by atoms with van der Waals surface area (Å²) in [6, 6.07) is 2.68. The highest BCUT2D eigenvalue weighted by atomic mass is 32.2. The van der Waals surface area contributed by atoms with Gasteiger partial charge in [-0.25, -0.2) is 12.7 Å². The average molecular weight is 288 g/mol. The van der Waals surface area contributed by atoms with Crippen molar-refractivity contribution in [2.24, 2.45) is 0 Å². The van der Waals surface area contributed by atoms with Crippen molar-refractivity contribution in [3.63, 3.8) is 0 Å². The smallest absolute Gasteiger partial charge is 0.287 e. The Bertz CT molecular complexity index is 534. The van der Waals surface area contributed by atoms with Crippen molar-refractivity contribution in [2.45, 2.75) is 37.8 Å². The Morgan fingerprint density at radius 1 is 1.42 bits per heavy atom. The van der Waals surface area contributed by atoms with Gasteiger partial charge >= 0.3 is 0 Å². The van der Waals surface area contributed by atoms with E-state index in [9.17, 15) is 13.2 Å². The van der Waals surface area contributed by atoms with Crippen molar-refractivity contribution in [1.29, 1.82) is 0 Å². The molecule has 1 aromatic rings. The van der Waals surface area contributed by atoms with E-state index in [0.717, 1.165) is 17.1 Å². The van der Waals surface area contributed by atoms with E-state index in [1.54, 1.807) is 0 Å². The molecule has 0 fully saturated rings. The number of nitrogens with zero attached hydrogens (tertiary/aromatic N) is 1. The van der Waals surface area contributed by atoms with Crippen LogP contribution >= 0.6 is 0 Å². The SMILES string of the molecule is CCCC(C)NC(=O)c1ccc(S(=O)(=O)N(C)C)o1. The van der Waals surface area contributed by atoms with Gasteiger partial charge < -0.3 is 9.73 Å². The number of rotatable bonds is 6. The van der Waals surface area contributed by atoms with Crippen LogP contribution in [-0.2, 0) is 10.0 Å². The number of hydrogen-bond donors (Lipinski definition) is 1. The summed E-state index contributed by atoms with van der Waals surface area (Å²) < 4.78 is 29.7. The Kier molecular flexibility index (Phi) is 5.13. The monoisotopic (exact) mass is 288 g/mol. The Balaban J connectivity index is 2.83. The molecule has 1 unspecified atom stereocenters. The maximum atomic E-state index is 11.8. The highest BCUT2D eigenvalue weighted by Gasteiger charge is 2.23. The topological polar surface area (TPSA) is 79.6 Å². The zero-order valence-corrected chi connectivity index (χ0v) is 12.5. The summed E-state index contributed by atoms with van der Waals surface area (Å²) >= 11 is 0. The molecule has 0 aliphatic carbocycles. The molecule has 1 N–H and O–H groups in total. The van der Waals surface area contributed by atoms with Crippen LogP contribution in [-0.4, -0.2) is 38.8 Å². The molecular formula is C12H20N2O4S. The van der Waals surface area contributed by atoms with Crippen LogP contribution in [0, 0.1) is 0 Å². The van der Waals surface area contributed by atoms with Gasteiger partial charge in [0, 0.05) is 20.1 Å². The molecule has 1 atom stereocenters. The second-order valence-corrected chi connectivity index (χ2v) is 6.65. The Labute approximate surface area is 113 Å². The number of nitrogens with one attached hydrogen (secondary N) is 1. The third-order valence-corrected chi connectivity index (χ3v) is 4.33. The standard InChI is InChI=1S/C12H20N2O4S/c1-5-6-9(2)13-12(15)10-7-8-11(18-10)19(16,17)14(3)4/h7-9H,5-6H2,1-4H3,(H,13,15). The van der Waals surface area contributed by atoms with E-state index >= 15 is 0 Å². The van der Waals surface area contributed by atoms with Gasteiger partial charge in [0.25, 0.3) is 15.9 Å². The van der Waals surface area contributed by atoms with Crippen LogP contribution in [0.3, 0.4) is 0 Å². The lowest BCUT2D eigenvalue weighted by Gasteiger charge is -2.11. The van der Waals surface area contributed by atoms with Crippen LogP contribution in [0.2, 0.25) is 0 Å². The van der Waals surface area contributed by atoms with Gasteiger partial charge in [-0.1, -0.05) is 13.3 Å². The Morgan fingerprint density at radius 2 is 2.05 bits per heavy atom. The first-order valence-corrected chi connectivity index (χ1v) is 7.56. The van der Waals surface area contributed by atoms with E-state index in [1.165, 1.54) is 26.2 Å². The highest BCUT2D eigenvalue weighted by molar-refractivity contribution is 7.88. The van der Waals surface area contributed by atoms with E-state index in [2.05, 4.69) is 5.32 Å². The van der Waals surface area contributed by atoms with Crippen molar-refractivity contribution in [3.05, 3.63) is 17.9 Å². The molecule has 1 amide bonds. The van der Waals surface area contributed by atoms with Crippen LogP contribution in [0.5, 0.6) is 0 Å². The minimum Gasteiger partial charge on any atom is -0.438 e. The van der Waals surface area contributed by atoms with E-state index in [0.29, 0.717) is 0 Å². The minimum atomic E-state index is -3.64. The summed E-state index contributed by atoms with van der Waals surface area (Å²) in [5, 5.41) is 2.52. The molecule has 0 aromatic carbocycles. The molecule has 7 heteroatoms. The minimum absolute atomic E-state index is 0.00313. The number of furan rings is 1. The molecule has 19 heavy (non-hydrogen) atoms. The largest absolute Gasteiger partial charge is 0.438 e. The third-order valence-electron chi connectivity index (χ3n) is 2.64. The van der Waals surface area contributed by atoms with Crippen molar-refractivity contribution in [3.8, 4) is 0 Å². The third kappa shape index (κ3) is 3.81. The molecule has 0 aliphatic heterocycles. The van der Waals surface area contributed by atoms with Gasteiger partial charge in [0.2, 0.25) is 5.09 Å². The molecular weight excluding hydrogens is 268 g/mol. The quantitative estimate of drug-likeness (QED) is 0.859.